The molecule has 1 fully saturated rings. The van der Waals surface area contributed by atoms with Crippen LogP contribution in [0.25, 0.3) is 0 Å². The molecule has 1 saturated heterocycles. The molecule has 1 aliphatic heterocycles. The van der Waals surface area contributed by atoms with Gasteiger partial charge in [-0.2, -0.15) is 0 Å². The average molecular weight is 311 g/mol. The zero-order valence-electron chi connectivity index (χ0n) is 13.2. The van der Waals surface area contributed by atoms with Crippen LogP contribution in [0.15, 0.2) is 24.3 Å². The molecule has 2 N–H and O–H groups in total. The van der Waals surface area contributed by atoms with E-state index in [1.54, 1.807) is 0 Å². The molecule has 0 spiro atoms. The number of hydrogen-bond acceptors (Lipinski definition) is 2. The van der Waals surface area contributed by atoms with Gasteiger partial charge in [0.05, 0.1) is 0 Å². The summed E-state index contributed by atoms with van der Waals surface area (Å²) in [5, 5.41) is 6.42. The first-order valence-corrected chi connectivity index (χ1v) is 7.56. The first kappa shape index (κ1) is 18.0. The molecule has 1 unspecified atom stereocenters. The number of halogens is 1. The van der Waals surface area contributed by atoms with Crippen molar-refractivity contribution in [2.75, 3.05) is 19.6 Å². The summed E-state index contributed by atoms with van der Waals surface area (Å²) >= 11 is 0. The van der Waals surface area contributed by atoms with Gasteiger partial charge < -0.3 is 10.6 Å². The van der Waals surface area contributed by atoms with Gasteiger partial charge in [-0.25, -0.2) is 0 Å². The molecule has 0 aromatic heterocycles. The van der Waals surface area contributed by atoms with E-state index in [1.807, 2.05) is 12.1 Å². The van der Waals surface area contributed by atoms with Crippen LogP contribution in [0.3, 0.4) is 0 Å². The number of carbonyl (C=O) groups is 1. The van der Waals surface area contributed by atoms with Gasteiger partial charge in [-0.3, -0.25) is 4.79 Å². The van der Waals surface area contributed by atoms with E-state index >= 15 is 0 Å². The van der Waals surface area contributed by atoms with Gasteiger partial charge in [-0.1, -0.05) is 32.9 Å². The fraction of sp³-hybridized carbons (Fsp3) is 0.588. The molecule has 1 aliphatic rings. The molecule has 0 aliphatic carbocycles. The Balaban J connectivity index is 0.00000220. The lowest BCUT2D eigenvalue weighted by molar-refractivity contribution is 0.0945. The Labute approximate surface area is 134 Å². The van der Waals surface area contributed by atoms with Crippen LogP contribution in [-0.2, 0) is 5.41 Å². The van der Waals surface area contributed by atoms with Crippen LogP contribution in [0.5, 0.6) is 0 Å². The van der Waals surface area contributed by atoms with Gasteiger partial charge in [0.25, 0.3) is 5.91 Å². The molecule has 0 bridgehead atoms. The summed E-state index contributed by atoms with van der Waals surface area (Å²) in [4.78, 5) is 12.1. The summed E-state index contributed by atoms with van der Waals surface area (Å²) in [6.07, 6.45) is 2.41. The van der Waals surface area contributed by atoms with E-state index < -0.39 is 0 Å². The zero-order chi connectivity index (χ0) is 14.6. The van der Waals surface area contributed by atoms with Crippen LogP contribution >= 0.6 is 12.4 Å². The van der Waals surface area contributed by atoms with E-state index in [2.05, 4.69) is 43.5 Å². The third kappa shape index (κ3) is 5.33. The minimum absolute atomic E-state index is 0. The van der Waals surface area contributed by atoms with E-state index in [-0.39, 0.29) is 23.7 Å². The van der Waals surface area contributed by atoms with Crippen molar-refractivity contribution in [3.63, 3.8) is 0 Å². The summed E-state index contributed by atoms with van der Waals surface area (Å²) in [5.41, 5.74) is 2.13. The summed E-state index contributed by atoms with van der Waals surface area (Å²) in [5.74, 6) is 0.609. The van der Waals surface area contributed by atoms with Crippen LogP contribution < -0.4 is 10.6 Å². The number of carbonyl (C=O) groups excluding carboxylic acids is 1. The van der Waals surface area contributed by atoms with E-state index in [4.69, 9.17) is 0 Å². The van der Waals surface area contributed by atoms with Crippen molar-refractivity contribution >= 4 is 18.3 Å². The van der Waals surface area contributed by atoms with Gasteiger partial charge in [0, 0.05) is 12.1 Å². The summed E-state index contributed by atoms with van der Waals surface area (Å²) < 4.78 is 0. The number of piperidine rings is 1. The van der Waals surface area contributed by atoms with Crippen molar-refractivity contribution in [1.82, 2.24) is 10.6 Å². The van der Waals surface area contributed by atoms with Gasteiger partial charge in [0.15, 0.2) is 0 Å². The second-order valence-corrected chi connectivity index (χ2v) is 6.75. The van der Waals surface area contributed by atoms with Gasteiger partial charge in [0.2, 0.25) is 0 Å². The Morgan fingerprint density at radius 3 is 2.48 bits per heavy atom. The molecule has 118 valence electrons. The first-order valence-electron chi connectivity index (χ1n) is 7.56. The van der Waals surface area contributed by atoms with Crippen molar-refractivity contribution in [2.24, 2.45) is 5.92 Å². The third-order valence-corrected chi connectivity index (χ3v) is 3.96. The van der Waals surface area contributed by atoms with Crippen LogP contribution in [0.4, 0.5) is 0 Å². The highest BCUT2D eigenvalue weighted by Gasteiger charge is 2.16. The molecule has 1 heterocycles. The number of rotatable bonds is 3. The minimum atomic E-state index is 0. The summed E-state index contributed by atoms with van der Waals surface area (Å²) in [7, 11) is 0. The molecule has 1 aromatic rings. The Kier molecular flexibility index (Phi) is 6.69. The lowest BCUT2D eigenvalue weighted by atomic mass is 9.86. The highest BCUT2D eigenvalue weighted by Crippen LogP contribution is 2.22. The predicted molar refractivity (Wildman–Crippen MR) is 90.3 cm³/mol. The quantitative estimate of drug-likeness (QED) is 0.900. The van der Waals surface area contributed by atoms with Crippen LogP contribution in [0, 0.1) is 5.92 Å². The summed E-state index contributed by atoms with van der Waals surface area (Å²) in [6.45, 7) is 9.43. The van der Waals surface area contributed by atoms with Gasteiger partial charge >= 0.3 is 0 Å². The first-order chi connectivity index (χ1) is 9.47. The molecule has 2 rings (SSSR count). The minimum Gasteiger partial charge on any atom is -0.352 e. The molecule has 4 heteroatoms. The Hall–Kier alpha value is -1.06. The molecule has 21 heavy (non-hydrogen) atoms. The number of hydrogen-bond donors (Lipinski definition) is 2. The van der Waals surface area contributed by atoms with E-state index in [0.717, 1.165) is 25.2 Å². The molecule has 1 aromatic carbocycles. The molecule has 1 amide bonds. The lowest BCUT2D eigenvalue weighted by Gasteiger charge is -2.23. The molecule has 0 radical (unpaired) electrons. The SMILES string of the molecule is CC(C)(C)c1ccc(C(=O)NCC2CCCNC2)cc1.Cl. The van der Waals surface area contributed by atoms with Gasteiger partial charge in [-0.15, -0.1) is 12.4 Å². The van der Waals surface area contributed by atoms with Crippen LogP contribution in [-0.4, -0.2) is 25.5 Å². The molecule has 3 nitrogen and oxygen atoms in total. The maximum atomic E-state index is 12.1. The molecular weight excluding hydrogens is 284 g/mol. The van der Waals surface area contributed by atoms with E-state index in [1.165, 1.54) is 18.4 Å². The third-order valence-electron chi connectivity index (χ3n) is 3.96. The van der Waals surface area contributed by atoms with E-state index in [9.17, 15) is 4.79 Å². The lowest BCUT2D eigenvalue weighted by Crippen LogP contribution is -2.38. The average Bonchev–Trinajstić information content (AvgIpc) is 2.45. The fourth-order valence-corrected chi connectivity index (χ4v) is 2.56. The second kappa shape index (κ2) is 7.81. The largest absolute Gasteiger partial charge is 0.352 e. The Morgan fingerprint density at radius 2 is 1.95 bits per heavy atom. The van der Waals surface area contributed by atoms with Crippen molar-refractivity contribution in [1.29, 1.82) is 0 Å². The Bertz CT molecular complexity index is 445. The highest BCUT2D eigenvalue weighted by molar-refractivity contribution is 5.94. The van der Waals surface area contributed by atoms with Crippen LogP contribution in [0.1, 0.15) is 49.5 Å². The van der Waals surface area contributed by atoms with Crippen LogP contribution in [0.2, 0.25) is 0 Å². The number of amides is 1. The highest BCUT2D eigenvalue weighted by atomic mass is 35.5. The van der Waals surface area contributed by atoms with Gasteiger partial charge in [-0.05, 0) is 55.0 Å². The van der Waals surface area contributed by atoms with Gasteiger partial charge in [0.1, 0.15) is 0 Å². The molecular formula is C17H27ClN2O. The summed E-state index contributed by atoms with van der Waals surface area (Å²) in [6, 6.07) is 7.96. The topological polar surface area (TPSA) is 41.1 Å². The number of benzene rings is 1. The van der Waals surface area contributed by atoms with E-state index in [0.29, 0.717) is 5.92 Å². The van der Waals surface area contributed by atoms with Crippen molar-refractivity contribution in [3.8, 4) is 0 Å². The molecule has 0 saturated carbocycles. The Morgan fingerprint density at radius 1 is 1.29 bits per heavy atom. The van der Waals surface area contributed by atoms with Crippen molar-refractivity contribution < 1.29 is 4.79 Å². The standard InChI is InChI=1S/C17H26N2O.ClH/c1-17(2,3)15-8-6-14(7-9-15)16(20)19-12-13-5-4-10-18-11-13;/h6-9,13,18H,4-5,10-12H2,1-3H3,(H,19,20);1H. The predicted octanol–water partition coefficient (Wildman–Crippen LogP) is 3.14. The molecule has 1 atom stereocenters. The smallest absolute Gasteiger partial charge is 0.251 e. The zero-order valence-corrected chi connectivity index (χ0v) is 14.1. The maximum absolute atomic E-state index is 12.1. The maximum Gasteiger partial charge on any atom is 0.251 e. The number of nitrogens with one attached hydrogen (secondary N) is 2. The fourth-order valence-electron chi connectivity index (χ4n) is 2.56. The monoisotopic (exact) mass is 310 g/mol. The normalized spacial score (nSPS) is 18.7. The van der Waals surface area contributed by atoms with Crippen molar-refractivity contribution in [3.05, 3.63) is 35.4 Å². The van der Waals surface area contributed by atoms with Crippen molar-refractivity contribution in [2.45, 2.75) is 39.0 Å². The second-order valence-electron chi connectivity index (χ2n) is 6.75.